The van der Waals surface area contributed by atoms with Crippen LogP contribution < -0.4 is 0 Å². The predicted octanol–water partition coefficient (Wildman–Crippen LogP) is 3.61. The number of pyridine rings is 1. The number of imidazole rings is 1. The van der Waals surface area contributed by atoms with Crippen LogP contribution >= 0.6 is 11.6 Å². The Morgan fingerprint density at radius 3 is 2.90 bits per heavy atom. The average molecular weight is 302 g/mol. The smallest absolute Gasteiger partial charge is 0.164 e. The van der Waals surface area contributed by atoms with Crippen molar-refractivity contribution in [1.82, 2.24) is 14.5 Å². The van der Waals surface area contributed by atoms with Gasteiger partial charge >= 0.3 is 0 Å². The van der Waals surface area contributed by atoms with E-state index in [1.165, 1.54) is 0 Å². The number of aryl methyl sites for hydroxylation is 1. The van der Waals surface area contributed by atoms with E-state index in [1.807, 2.05) is 42.0 Å². The number of hydrogen-bond donors (Lipinski definition) is 0. The molecule has 0 aliphatic carbocycles. The Kier molecular flexibility index (Phi) is 3.90. The number of rotatable bonds is 4. The summed E-state index contributed by atoms with van der Waals surface area (Å²) in [7, 11) is 1.69. The molecule has 2 aromatic heterocycles. The zero-order valence-electron chi connectivity index (χ0n) is 12.0. The summed E-state index contributed by atoms with van der Waals surface area (Å²) in [6.45, 7) is 2.58. The monoisotopic (exact) mass is 301 g/mol. The van der Waals surface area contributed by atoms with E-state index in [1.54, 1.807) is 7.11 Å². The van der Waals surface area contributed by atoms with Crippen molar-refractivity contribution in [2.45, 2.75) is 19.4 Å². The van der Waals surface area contributed by atoms with Crippen molar-refractivity contribution in [2.75, 3.05) is 7.11 Å². The van der Waals surface area contributed by atoms with Crippen LogP contribution in [0.5, 0.6) is 0 Å². The number of nitrogens with zero attached hydrogens (tertiary/aromatic N) is 3. The van der Waals surface area contributed by atoms with Crippen molar-refractivity contribution in [3.05, 3.63) is 53.5 Å². The van der Waals surface area contributed by atoms with Gasteiger partial charge in [0.25, 0.3) is 0 Å². The van der Waals surface area contributed by atoms with Crippen molar-refractivity contribution in [3.8, 4) is 5.69 Å². The van der Waals surface area contributed by atoms with Gasteiger partial charge in [-0.15, -0.1) is 11.6 Å². The minimum Gasteiger partial charge on any atom is -0.380 e. The van der Waals surface area contributed by atoms with Gasteiger partial charge in [-0.2, -0.15) is 0 Å². The lowest BCUT2D eigenvalue weighted by molar-refractivity contribution is 0.185. The van der Waals surface area contributed by atoms with E-state index in [0.29, 0.717) is 12.5 Å². The maximum Gasteiger partial charge on any atom is 0.164 e. The SMILES string of the molecule is COCc1cccc(-n2c(CCl)nc3cc(C)cnc32)c1. The first kappa shape index (κ1) is 14.0. The molecule has 0 atom stereocenters. The minimum atomic E-state index is 0.337. The molecule has 3 aromatic rings. The number of fused-ring (bicyclic) bond motifs is 1. The molecule has 0 amide bonds. The maximum atomic E-state index is 6.06. The summed E-state index contributed by atoms with van der Waals surface area (Å²) >= 11 is 6.06. The average Bonchev–Trinajstić information content (AvgIpc) is 2.85. The number of halogens is 1. The van der Waals surface area contributed by atoms with Gasteiger partial charge in [-0.3, -0.25) is 4.57 Å². The second-order valence-electron chi connectivity index (χ2n) is 4.96. The first-order valence-electron chi connectivity index (χ1n) is 6.71. The van der Waals surface area contributed by atoms with Crippen LogP contribution in [0.3, 0.4) is 0 Å². The largest absolute Gasteiger partial charge is 0.380 e. The van der Waals surface area contributed by atoms with Crippen LogP contribution in [-0.4, -0.2) is 21.6 Å². The molecule has 0 bridgehead atoms. The van der Waals surface area contributed by atoms with Gasteiger partial charge < -0.3 is 4.74 Å². The number of alkyl halides is 1. The predicted molar refractivity (Wildman–Crippen MR) is 83.9 cm³/mol. The molecule has 3 rings (SSSR count). The summed E-state index contributed by atoms with van der Waals surface area (Å²) in [6.07, 6.45) is 1.84. The van der Waals surface area contributed by atoms with Crippen LogP contribution in [0.4, 0.5) is 0 Å². The summed E-state index contributed by atoms with van der Waals surface area (Å²) in [5.41, 5.74) is 4.87. The number of hydrogen-bond acceptors (Lipinski definition) is 3. The normalized spacial score (nSPS) is 11.2. The molecular formula is C16H16ClN3O. The molecule has 2 heterocycles. The summed E-state index contributed by atoms with van der Waals surface area (Å²) in [5, 5.41) is 0. The minimum absolute atomic E-state index is 0.337. The van der Waals surface area contributed by atoms with Gasteiger partial charge in [0.15, 0.2) is 5.65 Å². The van der Waals surface area contributed by atoms with Gasteiger partial charge in [0.05, 0.1) is 12.5 Å². The Hall–Kier alpha value is -1.91. The van der Waals surface area contributed by atoms with E-state index in [2.05, 4.69) is 16.0 Å². The lowest BCUT2D eigenvalue weighted by atomic mass is 10.2. The summed E-state index contributed by atoms with van der Waals surface area (Å²) in [5.74, 6) is 1.13. The highest BCUT2D eigenvalue weighted by atomic mass is 35.5. The highest BCUT2D eigenvalue weighted by Gasteiger charge is 2.13. The topological polar surface area (TPSA) is 39.9 Å². The van der Waals surface area contributed by atoms with Crippen LogP contribution in [0, 0.1) is 6.92 Å². The van der Waals surface area contributed by atoms with E-state index >= 15 is 0 Å². The lowest BCUT2D eigenvalue weighted by Crippen LogP contribution is -2.01. The third-order valence-electron chi connectivity index (χ3n) is 3.30. The Labute approximate surface area is 128 Å². The van der Waals surface area contributed by atoms with Crippen LogP contribution in [0.2, 0.25) is 0 Å². The molecular weight excluding hydrogens is 286 g/mol. The van der Waals surface area contributed by atoms with E-state index in [-0.39, 0.29) is 0 Å². The molecule has 21 heavy (non-hydrogen) atoms. The van der Waals surface area contributed by atoms with Gasteiger partial charge in [-0.05, 0) is 36.2 Å². The van der Waals surface area contributed by atoms with E-state index in [0.717, 1.165) is 33.8 Å². The van der Waals surface area contributed by atoms with Gasteiger partial charge in [0, 0.05) is 19.0 Å². The highest BCUT2D eigenvalue weighted by molar-refractivity contribution is 6.16. The molecule has 0 fully saturated rings. The molecule has 4 nitrogen and oxygen atoms in total. The van der Waals surface area contributed by atoms with E-state index < -0.39 is 0 Å². The molecule has 0 N–H and O–H groups in total. The first-order valence-corrected chi connectivity index (χ1v) is 7.24. The Bertz CT molecular complexity index is 782. The standard InChI is InChI=1S/C16H16ClN3O/c1-11-6-14-16(18-9-11)20(15(8-17)19-14)13-5-3-4-12(7-13)10-21-2/h3-7,9H,8,10H2,1-2H3. The molecule has 0 aliphatic heterocycles. The number of aromatic nitrogens is 3. The fraction of sp³-hybridized carbons (Fsp3) is 0.250. The molecule has 0 saturated heterocycles. The molecule has 0 aliphatic rings. The zero-order chi connectivity index (χ0) is 14.8. The highest BCUT2D eigenvalue weighted by Crippen LogP contribution is 2.22. The first-order chi connectivity index (χ1) is 10.2. The van der Waals surface area contributed by atoms with Gasteiger partial charge in [-0.1, -0.05) is 12.1 Å². The van der Waals surface area contributed by atoms with Gasteiger partial charge in [-0.25, -0.2) is 9.97 Å². The third-order valence-corrected chi connectivity index (χ3v) is 3.54. The van der Waals surface area contributed by atoms with E-state index in [4.69, 9.17) is 16.3 Å². The molecule has 0 saturated carbocycles. The quantitative estimate of drug-likeness (QED) is 0.691. The van der Waals surface area contributed by atoms with Gasteiger partial charge in [0.1, 0.15) is 11.3 Å². The Balaban J connectivity index is 2.20. The van der Waals surface area contributed by atoms with Crippen LogP contribution in [0.15, 0.2) is 36.5 Å². The summed E-state index contributed by atoms with van der Waals surface area (Å²) in [4.78, 5) is 9.09. The fourth-order valence-corrected chi connectivity index (χ4v) is 2.60. The summed E-state index contributed by atoms with van der Waals surface area (Å²) < 4.78 is 7.19. The molecule has 0 spiro atoms. The summed E-state index contributed by atoms with van der Waals surface area (Å²) in [6, 6.07) is 10.2. The van der Waals surface area contributed by atoms with Crippen LogP contribution in [0.25, 0.3) is 16.9 Å². The lowest BCUT2D eigenvalue weighted by Gasteiger charge is -2.09. The van der Waals surface area contributed by atoms with Crippen molar-refractivity contribution >= 4 is 22.8 Å². The number of benzene rings is 1. The second kappa shape index (κ2) is 5.84. The molecule has 5 heteroatoms. The van der Waals surface area contributed by atoms with Gasteiger partial charge in [0.2, 0.25) is 0 Å². The molecule has 0 unspecified atom stereocenters. The maximum absolute atomic E-state index is 6.06. The second-order valence-corrected chi connectivity index (χ2v) is 5.22. The van der Waals surface area contributed by atoms with Crippen molar-refractivity contribution in [1.29, 1.82) is 0 Å². The molecule has 0 radical (unpaired) electrons. The van der Waals surface area contributed by atoms with Crippen molar-refractivity contribution in [3.63, 3.8) is 0 Å². The molecule has 108 valence electrons. The number of ether oxygens (including phenoxy) is 1. The third kappa shape index (κ3) is 2.64. The Morgan fingerprint density at radius 1 is 1.29 bits per heavy atom. The Morgan fingerprint density at radius 2 is 2.14 bits per heavy atom. The zero-order valence-corrected chi connectivity index (χ0v) is 12.8. The van der Waals surface area contributed by atoms with Crippen LogP contribution in [-0.2, 0) is 17.2 Å². The van der Waals surface area contributed by atoms with Crippen LogP contribution in [0.1, 0.15) is 17.0 Å². The van der Waals surface area contributed by atoms with Crippen molar-refractivity contribution < 1.29 is 4.74 Å². The molecule has 1 aromatic carbocycles. The fourth-order valence-electron chi connectivity index (χ4n) is 2.43. The number of methoxy groups -OCH3 is 1. The van der Waals surface area contributed by atoms with Crippen molar-refractivity contribution in [2.24, 2.45) is 0 Å². The van der Waals surface area contributed by atoms with E-state index in [9.17, 15) is 0 Å².